The van der Waals surface area contributed by atoms with Crippen LogP contribution in [0.2, 0.25) is 0 Å². The van der Waals surface area contributed by atoms with Crippen LogP contribution in [0.3, 0.4) is 0 Å². The van der Waals surface area contributed by atoms with E-state index in [1.54, 1.807) is 23.9 Å². The Morgan fingerprint density at radius 3 is 2.53 bits per heavy atom. The first-order valence-corrected chi connectivity index (χ1v) is 9.41. The number of hydroxylamine groups is 1. The van der Waals surface area contributed by atoms with Crippen molar-refractivity contribution >= 4 is 11.9 Å². The van der Waals surface area contributed by atoms with Gasteiger partial charge in [-0.1, -0.05) is 24.0 Å². The van der Waals surface area contributed by atoms with E-state index < -0.39 is 5.91 Å². The molecule has 1 saturated heterocycles. The molecule has 3 aromatic rings. The summed E-state index contributed by atoms with van der Waals surface area (Å²) >= 11 is 0. The Labute approximate surface area is 173 Å². The topological polar surface area (TPSA) is 100 Å². The maximum atomic E-state index is 12.0. The molecule has 0 atom stereocenters. The van der Waals surface area contributed by atoms with Crippen LogP contribution in [0.25, 0.3) is 11.3 Å². The third-order valence-corrected chi connectivity index (χ3v) is 4.54. The summed E-state index contributed by atoms with van der Waals surface area (Å²) in [4.78, 5) is 26.9. The molecule has 3 heterocycles. The van der Waals surface area contributed by atoms with E-state index in [0.29, 0.717) is 37.9 Å². The molecule has 4 rings (SSSR count). The van der Waals surface area contributed by atoms with Crippen LogP contribution in [-0.4, -0.2) is 52.4 Å². The van der Waals surface area contributed by atoms with Crippen molar-refractivity contribution in [2.45, 2.75) is 0 Å². The van der Waals surface area contributed by atoms with Gasteiger partial charge in [-0.3, -0.25) is 15.0 Å². The highest BCUT2D eigenvalue weighted by atomic mass is 16.5. The first-order valence-electron chi connectivity index (χ1n) is 9.41. The molecular formula is C22H19N5O3. The van der Waals surface area contributed by atoms with Gasteiger partial charge in [0.15, 0.2) is 0 Å². The molecule has 1 aromatic carbocycles. The highest BCUT2D eigenvalue weighted by Crippen LogP contribution is 2.22. The number of rotatable bonds is 3. The molecule has 8 heteroatoms. The highest BCUT2D eigenvalue weighted by Gasteiger charge is 2.18. The number of benzene rings is 1. The number of amides is 1. The van der Waals surface area contributed by atoms with Gasteiger partial charge in [-0.2, -0.15) is 0 Å². The minimum Gasteiger partial charge on any atom is -0.378 e. The van der Waals surface area contributed by atoms with Crippen LogP contribution in [0.5, 0.6) is 0 Å². The first-order chi connectivity index (χ1) is 14.7. The van der Waals surface area contributed by atoms with Crippen molar-refractivity contribution in [3.05, 3.63) is 71.7 Å². The second kappa shape index (κ2) is 9.13. The number of carbonyl (C=O) groups is 1. The van der Waals surface area contributed by atoms with Gasteiger partial charge >= 0.3 is 0 Å². The fraction of sp³-hybridized carbons (Fsp3) is 0.182. The lowest BCUT2D eigenvalue weighted by Gasteiger charge is -2.27. The van der Waals surface area contributed by atoms with E-state index in [1.165, 1.54) is 0 Å². The molecule has 0 unspecified atom stereocenters. The van der Waals surface area contributed by atoms with E-state index in [2.05, 4.69) is 26.8 Å². The van der Waals surface area contributed by atoms with Crippen LogP contribution in [-0.2, 0) is 4.74 Å². The van der Waals surface area contributed by atoms with Gasteiger partial charge in [-0.05, 0) is 30.3 Å². The van der Waals surface area contributed by atoms with Crippen molar-refractivity contribution in [1.29, 1.82) is 0 Å². The summed E-state index contributed by atoms with van der Waals surface area (Å²) in [6.07, 6.45) is 3.42. The zero-order chi connectivity index (χ0) is 20.8. The van der Waals surface area contributed by atoms with Crippen LogP contribution >= 0.6 is 0 Å². The Morgan fingerprint density at radius 2 is 1.83 bits per heavy atom. The molecule has 1 aliphatic heterocycles. The number of hydrogen-bond donors (Lipinski definition) is 2. The minimum absolute atomic E-state index is 0.0874. The van der Waals surface area contributed by atoms with E-state index in [0.717, 1.165) is 16.7 Å². The number of morpholine rings is 1. The van der Waals surface area contributed by atoms with Crippen molar-refractivity contribution in [3.63, 3.8) is 0 Å². The average Bonchev–Trinajstić information content (AvgIpc) is 2.83. The molecule has 150 valence electrons. The fourth-order valence-electron chi connectivity index (χ4n) is 2.97. The smallest absolute Gasteiger partial charge is 0.293 e. The van der Waals surface area contributed by atoms with E-state index in [1.807, 2.05) is 41.3 Å². The summed E-state index contributed by atoms with van der Waals surface area (Å²) in [5.74, 6) is 5.90. The number of aromatic nitrogens is 3. The molecule has 0 spiro atoms. The molecule has 8 nitrogen and oxygen atoms in total. The maximum absolute atomic E-state index is 12.0. The Bertz CT molecular complexity index is 1090. The molecule has 0 bridgehead atoms. The van der Waals surface area contributed by atoms with Crippen LogP contribution in [0.4, 0.5) is 5.95 Å². The molecule has 2 N–H and O–H groups in total. The maximum Gasteiger partial charge on any atom is 0.293 e. The van der Waals surface area contributed by atoms with E-state index in [4.69, 9.17) is 9.94 Å². The van der Waals surface area contributed by atoms with Crippen molar-refractivity contribution < 1.29 is 14.7 Å². The summed E-state index contributed by atoms with van der Waals surface area (Å²) in [7, 11) is 0. The predicted octanol–water partition coefficient (Wildman–Crippen LogP) is 1.89. The van der Waals surface area contributed by atoms with Crippen molar-refractivity contribution in [2.24, 2.45) is 0 Å². The van der Waals surface area contributed by atoms with Gasteiger partial charge in [-0.25, -0.2) is 15.4 Å². The third-order valence-electron chi connectivity index (χ3n) is 4.54. The molecule has 2 aromatic heterocycles. The molecule has 1 fully saturated rings. The molecule has 0 aliphatic carbocycles. The van der Waals surface area contributed by atoms with Gasteiger partial charge in [0.25, 0.3) is 5.91 Å². The lowest BCUT2D eigenvalue weighted by molar-refractivity contribution is 0.0700. The van der Waals surface area contributed by atoms with Crippen LogP contribution in [0.15, 0.2) is 54.9 Å². The predicted molar refractivity (Wildman–Crippen MR) is 110 cm³/mol. The number of anilines is 1. The lowest BCUT2D eigenvalue weighted by Crippen LogP contribution is -2.37. The number of carbonyl (C=O) groups excluding carboxylic acids is 1. The van der Waals surface area contributed by atoms with Gasteiger partial charge in [0.1, 0.15) is 5.69 Å². The number of ether oxygens (including phenoxy) is 1. The van der Waals surface area contributed by atoms with Gasteiger partial charge in [0.2, 0.25) is 5.95 Å². The van der Waals surface area contributed by atoms with E-state index >= 15 is 0 Å². The Kier molecular flexibility index (Phi) is 5.94. The molecule has 1 aliphatic rings. The summed E-state index contributed by atoms with van der Waals surface area (Å²) in [5.41, 5.74) is 4.80. The number of hydrogen-bond acceptors (Lipinski definition) is 7. The van der Waals surface area contributed by atoms with Crippen molar-refractivity contribution in [3.8, 4) is 23.1 Å². The molecule has 0 saturated carbocycles. The Morgan fingerprint density at radius 1 is 1.07 bits per heavy atom. The van der Waals surface area contributed by atoms with Gasteiger partial charge in [-0.15, -0.1) is 0 Å². The SMILES string of the molecule is O=C(NO)c1cc(-c2ccc(C#Cc3cccnc3)cc2)nc(N2CCOCC2)n1. The monoisotopic (exact) mass is 401 g/mol. The Hall–Kier alpha value is -3.80. The highest BCUT2D eigenvalue weighted by molar-refractivity contribution is 5.92. The molecule has 1 amide bonds. The molecule has 30 heavy (non-hydrogen) atoms. The quantitative estimate of drug-likeness (QED) is 0.393. The van der Waals surface area contributed by atoms with Crippen LogP contribution in [0.1, 0.15) is 21.6 Å². The Balaban J connectivity index is 1.63. The van der Waals surface area contributed by atoms with E-state index in [9.17, 15) is 4.79 Å². The van der Waals surface area contributed by atoms with Crippen molar-refractivity contribution in [1.82, 2.24) is 20.4 Å². The van der Waals surface area contributed by atoms with Gasteiger partial charge in [0, 0.05) is 42.2 Å². The molecular weight excluding hydrogens is 382 g/mol. The second-order valence-corrected chi connectivity index (χ2v) is 6.55. The fourth-order valence-corrected chi connectivity index (χ4v) is 2.97. The third kappa shape index (κ3) is 4.60. The summed E-state index contributed by atoms with van der Waals surface area (Å²) in [6.45, 7) is 2.40. The summed E-state index contributed by atoms with van der Waals surface area (Å²) in [6, 6.07) is 12.8. The number of nitrogens with one attached hydrogen (secondary N) is 1. The summed E-state index contributed by atoms with van der Waals surface area (Å²) < 4.78 is 5.37. The lowest BCUT2D eigenvalue weighted by atomic mass is 10.1. The van der Waals surface area contributed by atoms with Crippen LogP contribution < -0.4 is 10.4 Å². The minimum atomic E-state index is -0.688. The second-order valence-electron chi connectivity index (χ2n) is 6.55. The van der Waals surface area contributed by atoms with Crippen molar-refractivity contribution in [2.75, 3.05) is 31.2 Å². The normalized spacial score (nSPS) is 13.3. The largest absolute Gasteiger partial charge is 0.378 e. The standard InChI is InChI=1S/C22H19N5O3/c28-21(26-29)20-14-19(24-22(25-20)27-10-12-30-13-11-27)18-7-5-16(6-8-18)3-4-17-2-1-9-23-15-17/h1-2,5-9,14-15,29H,10-13H2,(H,26,28). The van der Waals surface area contributed by atoms with E-state index in [-0.39, 0.29) is 5.69 Å². The molecule has 0 radical (unpaired) electrons. The zero-order valence-corrected chi connectivity index (χ0v) is 16.1. The van der Waals surface area contributed by atoms with Crippen LogP contribution in [0, 0.1) is 11.8 Å². The summed E-state index contributed by atoms with van der Waals surface area (Å²) in [5, 5.41) is 9.03. The number of pyridine rings is 1. The van der Waals surface area contributed by atoms with Gasteiger partial charge < -0.3 is 9.64 Å². The average molecular weight is 401 g/mol. The first kappa shape index (κ1) is 19.5. The van der Waals surface area contributed by atoms with Gasteiger partial charge in [0.05, 0.1) is 18.9 Å². The zero-order valence-electron chi connectivity index (χ0n) is 16.1. The number of nitrogens with zero attached hydrogens (tertiary/aromatic N) is 4.